The number of nitrogens with one attached hydrogen (secondary N) is 1. The Balaban J connectivity index is 1.55. The van der Waals surface area contributed by atoms with Crippen LogP contribution in [0, 0.1) is 0 Å². The van der Waals surface area contributed by atoms with E-state index in [2.05, 4.69) is 53.7 Å². The molecule has 1 amide bonds. The number of benzene rings is 2. The van der Waals surface area contributed by atoms with Gasteiger partial charge < -0.3 is 5.32 Å². The molecule has 0 saturated carbocycles. The van der Waals surface area contributed by atoms with E-state index in [1.165, 1.54) is 16.7 Å². The van der Waals surface area contributed by atoms with E-state index in [4.69, 9.17) is 0 Å². The summed E-state index contributed by atoms with van der Waals surface area (Å²) in [5.41, 5.74) is 3.94. The molecule has 0 saturated heterocycles. The summed E-state index contributed by atoms with van der Waals surface area (Å²) in [5.74, 6) is 0.134. The van der Waals surface area contributed by atoms with Gasteiger partial charge in [-0.05, 0) is 36.6 Å². The molecule has 2 aromatic rings. The van der Waals surface area contributed by atoms with Gasteiger partial charge in [0.15, 0.2) is 0 Å². The quantitative estimate of drug-likeness (QED) is 0.921. The summed E-state index contributed by atoms with van der Waals surface area (Å²) in [6.45, 7) is 1.71. The predicted octanol–water partition coefficient (Wildman–Crippen LogP) is 2.96. The van der Waals surface area contributed by atoms with Gasteiger partial charge in [0.25, 0.3) is 0 Å². The second kappa shape index (κ2) is 7.42. The SMILES string of the molecule is CN1CCc2ccccc2[C@H]1CC(=O)NCCc1ccccc1. The maximum absolute atomic E-state index is 12.3. The maximum atomic E-state index is 12.3. The van der Waals surface area contributed by atoms with Crippen molar-refractivity contribution in [3.63, 3.8) is 0 Å². The molecule has 0 radical (unpaired) electrons. The van der Waals surface area contributed by atoms with E-state index >= 15 is 0 Å². The summed E-state index contributed by atoms with van der Waals surface area (Å²) < 4.78 is 0. The van der Waals surface area contributed by atoms with Crippen LogP contribution in [0.1, 0.15) is 29.2 Å². The number of hydrogen-bond donors (Lipinski definition) is 1. The lowest BCUT2D eigenvalue weighted by atomic mass is 9.91. The van der Waals surface area contributed by atoms with Gasteiger partial charge in [0.2, 0.25) is 5.91 Å². The minimum atomic E-state index is 0.134. The molecule has 0 spiro atoms. The molecule has 23 heavy (non-hydrogen) atoms. The maximum Gasteiger partial charge on any atom is 0.221 e. The summed E-state index contributed by atoms with van der Waals surface area (Å²) in [7, 11) is 2.11. The van der Waals surface area contributed by atoms with Crippen molar-refractivity contribution >= 4 is 5.91 Å². The number of hydrogen-bond acceptors (Lipinski definition) is 2. The van der Waals surface area contributed by atoms with Crippen molar-refractivity contribution in [1.82, 2.24) is 10.2 Å². The number of carbonyl (C=O) groups is 1. The van der Waals surface area contributed by atoms with Gasteiger partial charge in [-0.1, -0.05) is 54.6 Å². The fraction of sp³-hybridized carbons (Fsp3) is 0.350. The fourth-order valence-electron chi connectivity index (χ4n) is 3.28. The van der Waals surface area contributed by atoms with Crippen LogP contribution in [0.15, 0.2) is 54.6 Å². The van der Waals surface area contributed by atoms with Gasteiger partial charge in [-0.3, -0.25) is 9.69 Å². The number of amides is 1. The highest BCUT2D eigenvalue weighted by molar-refractivity contribution is 5.77. The minimum Gasteiger partial charge on any atom is -0.356 e. The largest absolute Gasteiger partial charge is 0.356 e. The molecule has 0 bridgehead atoms. The second-order valence-corrected chi connectivity index (χ2v) is 6.23. The van der Waals surface area contributed by atoms with Crippen molar-refractivity contribution in [3.8, 4) is 0 Å². The monoisotopic (exact) mass is 308 g/mol. The van der Waals surface area contributed by atoms with Crippen LogP contribution in [0.4, 0.5) is 0 Å². The first-order chi connectivity index (χ1) is 11.2. The number of nitrogens with zero attached hydrogens (tertiary/aromatic N) is 1. The molecule has 0 aliphatic carbocycles. The van der Waals surface area contributed by atoms with Gasteiger partial charge in [-0.15, -0.1) is 0 Å². The summed E-state index contributed by atoms with van der Waals surface area (Å²) in [6.07, 6.45) is 2.48. The van der Waals surface area contributed by atoms with Gasteiger partial charge in [0.1, 0.15) is 0 Å². The lowest BCUT2D eigenvalue weighted by Crippen LogP contribution is -2.36. The molecular weight excluding hydrogens is 284 g/mol. The van der Waals surface area contributed by atoms with Gasteiger partial charge in [0, 0.05) is 25.6 Å². The number of carbonyl (C=O) groups excluding carboxylic acids is 1. The van der Waals surface area contributed by atoms with Crippen LogP contribution in [-0.4, -0.2) is 30.9 Å². The number of likely N-dealkylation sites (N-methyl/N-ethyl adjacent to an activating group) is 1. The van der Waals surface area contributed by atoms with Crippen LogP contribution < -0.4 is 5.32 Å². The zero-order valence-corrected chi connectivity index (χ0v) is 13.7. The van der Waals surface area contributed by atoms with E-state index in [1.807, 2.05) is 18.2 Å². The molecule has 0 aromatic heterocycles. The summed E-state index contributed by atoms with van der Waals surface area (Å²) in [5, 5.41) is 3.06. The topological polar surface area (TPSA) is 32.3 Å². The highest BCUT2D eigenvalue weighted by Crippen LogP contribution is 2.30. The van der Waals surface area contributed by atoms with Gasteiger partial charge >= 0.3 is 0 Å². The Hall–Kier alpha value is -2.13. The first-order valence-corrected chi connectivity index (χ1v) is 8.32. The van der Waals surface area contributed by atoms with Gasteiger partial charge in [-0.2, -0.15) is 0 Å². The Morgan fingerprint density at radius 2 is 1.87 bits per heavy atom. The van der Waals surface area contributed by atoms with Crippen LogP contribution >= 0.6 is 0 Å². The third-order valence-corrected chi connectivity index (χ3v) is 4.64. The molecule has 1 aliphatic rings. The van der Waals surface area contributed by atoms with E-state index in [0.29, 0.717) is 13.0 Å². The normalized spacial score (nSPS) is 17.5. The predicted molar refractivity (Wildman–Crippen MR) is 93.3 cm³/mol. The molecule has 1 aliphatic heterocycles. The molecule has 1 N–H and O–H groups in total. The Labute approximate surface area is 138 Å². The Kier molecular flexibility index (Phi) is 5.09. The third-order valence-electron chi connectivity index (χ3n) is 4.64. The van der Waals surface area contributed by atoms with E-state index < -0.39 is 0 Å². The molecular formula is C20H24N2O. The zero-order valence-electron chi connectivity index (χ0n) is 13.7. The molecule has 1 atom stereocenters. The molecule has 0 unspecified atom stereocenters. The van der Waals surface area contributed by atoms with Crippen LogP contribution in [0.5, 0.6) is 0 Å². The molecule has 120 valence electrons. The Morgan fingerprint density at radius 3 is 2.70 bits per heavy atom. The van der Waals surface area contributed by atoms with Crippen molar-refractivity contribution < 1.29 is 4.79 Å². The van der Waals surface area contributed by atoms with Crippen LogP contribution in [0.2, 0.25) is 0 Å². The van der Waals surface area contributed by atoms with Gasteiger partial charge in [-0.25, -0.2) is 0 Å². The van der Waals surface area contributed by atoms with Crippen LogP contribution in [0.25, 0.3) is 0 Å². The third kappa shape index (κ3) is 3.99. The molecule has 2 aromatic carbocycles. The average Bonchev–Trinajstić information content (AvgIpc) is 2.58. The van der Waals surface area contributed by atoms with Crippen molar-refractivity contribution in [2.45, 2.75) is 25.3 Å². The van der Waals surface area contributed by atoms with Crippen molar-refractivity contribution in [1.29, 1.82) is 0 Å². The zero-order chi connectivity index (χ0) is 16.1. The first-order valence-electron chi connectivity index (χ1n) is 8.32. The number of rotatable bonds is 5. The summed E-state index contributed by atoms with van der Waals surface area (Å²) in [4.78, 5) is 14.6. The van der Waals surface area contributed by atoms with Crippen LogP contribution in [-0.2, 0) is 17.6 Å². The Morgan fingerprint density at radius 1 is 1.13 bits per heavy atom. The number of fused-ring (bicyclic) bond motifs is 1. The van der Waals surface area contributed by atoms with E-state index in [1.54, 1.807) is 0 Å². The van der Waals surface area contributed by atoms with Crippen molar-refractivity contribution in [2.24, 2.45) is 0 Å². The average molecular weight is 308 g/mol. The molecule has 3 rings (SSSR count). The van der Waals surface area contributed by atoms with E-state index in [-0.39, 0.29) is 11.9 Å². The van der Waals surface area contributed by atoms with Crippen molar-refractivity contribution in [3.05, 3.63) is 71.3 Å². The minimum absolute atomic E-state index is 0.134. The first kappa shape index (κ1) is 15.8. The lowest BCUT2D eigenvalue weighted by Gasteiger charge is -2.34. The molecule has 3 heteroatoms. The molecule has 0 fully saturated rings. The highest BCUT2D eigenvalue weighted by Gasteiger charge is 2.26. The summed E-state index contributed by atoms with van der Waals surface area (Å²) in [6, 6.07) is 19.0. The summed E-state index contributed by atoms with van der Waals surface area (Å²) >= 11 is 0. The second-order valence-electron chi connectivity index (χ2n) is 6.23. The fourth-order valence-corrected chi connectivity index (χ4v) is 3.28. The standard InChI is InChI=1S/C20H24N2O/c1-22-14-12-17-9-5-6-10-18(17)19(22)15-20(23)21-13-11-16-7-3-2-4-8-16/h2-10,19H,11-15H2,1H3,(H,21,23)/t19-/m1/s1. The van der Waals surface area contributed by atoms with E-state index in [9.17, 15) is 4.79 Å². The van der Waals surface area contributed by atoms with Crippen LogP contribution in [0.3, 0.4) is 0 Å². The highest BCUT2D eigenvalue weighted by atomic mass is 16.1. The smallest absolute Gasteiger partial charge is 0.221 e. The molecule has 1 heterocycles. The van der Waals surface area contributed by atoms with Crippen molar-refractivity contribution in [2.75, 3.05) is 20.1 Å². The van der Waals surface area contributed by atoms with E-state index in [0.717, 1.165) is 19.4 Å². The van der Waals surface area contributed by atoms with Gasteiger partial charge in [0.05, 0.1) is 0 Å². The lowest BCUT2D eigenvalue weighted by molar-refractivity contribution is -0.122. The molecule has 3 nitrogen and oxygen atoms in total. The Bertz CT molecular complexity index is 654.